The van der Waals surface area contributed by atoms with Crippen molar-refractivity contribution in [1.29, 1.82) is 0 Å². The topological polar surface area (TPSA) is 154 Å². The van der Waals surface area contributed by atoms with Gasteiger partial charge in [0.2, 0.25) is 5.91 Å². The minimum atomic E-state index is -5.08. The second kappa shape index (κ2) is 15.5. The summed E-state index contributed by atoms with van der Waals surface area (Å²) in [4.78, 5) is 44.9. The highest BCUT2D eigenvalue weighted by Gasteiger charge is 2.38. The van der Waals surface area contributed by atoms with Crippen molar-refractivity contribution in [1.82, 2.24) is 29.5 Å². The number of halogens is 5. The first-order valence-corrected chi connectivity index (χ1v) is 15.9. The lowest BCUT2D eigenvalue weighted by Crippen LogP contribution is -2.27. The van der Waals surface area contributed by atoms with Crippen molar-refractivity contribution in [3.8, 4) is 34.0 Å². The first kappa shape index (κ1) is 36.6. The highest BCUT2D eigenvalue weighted by molar-refractivity contribution is 6.31. The average molecular weight is 728 g/mol. The largest absolute Gasteiger partial charge is 0.490 e. The second-order valence-corrected chi connectivity index (χ2v) is 11.9. The molecule has 0 unspecified atom stereocenters. The molecule has 1 aliphatic heterocycles. The molecule has 2 N–H and O–H groups in total. The molecular formula is C34H30ClF4N7O5. The Morgan fingerprint density at radius 2 is 1.82 bits per heavy atom. The molecule has 0 fully saturated rings. The number of hydrogen-bond donors (Lipinski definition) is 2. The van der Waals surface area contributed by atoms with E-state index in [9.17, 15) is 27.2 Å². The van der Waals surface area contributed by atoms with Crippen molar-refractivity contribution in [2.45, 2.75) is 45.3 Å². The van der Waals surface area contributed by atoms with E-state index in [1.54, 1.807) is 52.0 Å². The van der Waals surface area contributed by atoms with Crippen LogP contribution in [-0.2, 0) is 9.59 Å². The van der Waals surface area contributed by atoms with Crippen LogP contribution in [0, 0.1) is 11.7 Å². The number of anilines is 1. The zero-order valence-electron chi connectivity index (χ0n) is 27.1. The molecule has 4 heterocycles. The molecule has 1 aliphatic rings. The summed E-state index contributed by atoms with van der Waals surface area (Å²) in [6.07, 6.45) is 1.47. The summed E-state index contributed by atoms with van der Waals surface area (Å²) in [6, 6.07) is 14.0. The number of aliphatic carboxylic acids is 1. The molecule has 3 aromatic heterocycles. The van der Waals surface area contributed by atoms with E-state index in [2.05, 4.69) is 25.6 Å². The van der Waals surface area contributed by atoms with Crippen LogP contribution in [0.25, 0.3) is 28.1 Å². The highest BCUT2D eigenvalue weighted by Crippen LogP contribution is 2.34. The summed E-state index contributed by atoms with van der Waals surface area (Å²) < 4.78 is 54.6. The zero-order chi connectivity index (χ0) is 36.9. The number of nitrogens with zero attached hydrogens (tertiary/aromatic N) is 6. The van der Waals surface area contributed by atoms with Crippen LogP contribution < -0.4 is 15.6 Å². The zero-order valence-corrected chi connectivity index (χ0v) is 27.8. The number of ether oxygens (including phenoxy) is 1. The molecule has 12 nitrogen and oxygen atoms in total. The number of benzene rings is 2. The number of pyridine rings is 1. The van der Waals surface area contributed by atoms with Crippen molar-refractivity contribution in [3.63, 3.8) is 0 Å². The number of aromatic nitrogens is 6. The van der Waals surface area contributed by atoms with Crippen LogP contribution in [0.4, 0.5) is 23.2 Å². The predicted octanol–water partition coefficient (Wildman–Crippen LogP) is 6.73. The molecule has 266 valence electrons. The van der Waals surface area contributed by atoms with E-state index in [0.29, 0.717) is 76.2 Å². The van der Waals surface area contributed by atoms with E-state index < -0.39 is 24.0 Å². The van der Waals surface area contributed by atoms with Gasteiger partial charge in [0.05, 0.1) is 42.2 Å². The molecule has 17 heteroatoms. The normalized spacial score (nSPS) is 16.0. The Kier molecular flexibility index (Phi) is 11.1. The van der Waals surface area contributed by atoms with Gasteiger partial charge >= 0.3 is 12.1 Å². The fourth-order valence-electron chi connectivity index (χ4n) is 5.38. The number of carbonyl (C=O) groups excluding carboxylic acids is 1. The fourth-order valence-corrected chi connectivity index (χ4v) is 5.55. The number of alkyl halides is 3. The van der Waals surface area contributed by atoms with E-state index in [1.807, 2.05) is 19.9 Å². The van der Waals surface area contributed by atoms with Crippen molar-refractivity contribution < 1.29 is 37.0 Å². The third-order valence-electron chi connectivity index (χ3n) is 7.90. The molecule has 2 bridgehead atoms. The number of carboxylic acid groups (broad SMARTS) is 1. The lowest BCUT2D eigenvalue weighted by Gasteiger charge is -2.23. The van der Waals surface area contributed by atoms with Crippen molar-refractivity contribution in [2.75, 3.05) is 11.9 Å². The number of carbonyl (C=O) groups is 2. The molecule has 2 aromatic carbocycles. The van der Waals surface area contributed by atoms with Gasteiger partial charge in [-0.25, -0.2) is 18.9 Å². The number of fused-ring (bicyclic) bond motifs is 4. The summed E-state index contributed by atoms with van der Waals surface area (Å²) in [5.41, 5.74) is 3.66. The lowest BCUT2D eigenvalue weighted by molar-refractivity contribution is -0.192. The number of amides is 1. The summed E-state index contributed by atoms with van der Waals surface area (Å²) >= 11 is 6.35. The maximum Gasteiger partial charge on any atom is 0.490 e. The summed E-state index contributed by atoms with van der Waals surface area (Å²) in [5.74, 6) is -3.26. The van der Waals surface area contributed by atoms with Crippen LogP contribution in [0.5, 0.6) is 5.88 Å². The molecule has 2 atom stereocenters. The second-order valence-electron chi connectivity index (χ2n) is 11.4. The van der Waals surface area contributed by atoms with Crippen LogP contribution >= 0.6 is 11.6 Å². The summed E-state index contributed by atoms with van der Waals surface area (Å²) in [5, 5.41) is 18.7. The maximum absolute atomic E-state index is 14.4. The Bertz CT molecular complexity index is 2120. The highest BCUT2D eigenvalue weighted by atomic mass is 35.5. The maximum atomic E-state index is 14.4. The summed E-state index contributed by atoms with van der Waals surface area (Å²) in [7, 11) is 0. The fraction of sp³-hybridized carbons (Fsp3) is 0.265. The molecule has 6 rings (SSSR count). The van der Waals surface area contributed by atoms with Gasteiger partial charge in [-0.2, -0.15) is 13.2 Å². The van der Waals surface area contributed by atoms with Crippen molar-refractivity contribution in [3.05, 3.63) is 100 Å². The molecular weight excluding hydrogens is 698 g/mol. The van der Waals surface area contributed by atoms with E-state index in [4.69, 9.17) is 26.2 Å². The van der Waals surface area contributed by atoms with E-state index in [-0.39, 0.29) is 17.4 Å². The van der Waals surface area contributed by atoms with Gasteiger partial charge in [-0.3, -0.25) is 19.1 Å². The van der Waals surface area contributed by atoms with Gasteiger partial charge < -0.3 is 15.2 Å². The first-order valence-electron chi connectivity index (χ1n) is 15.6. The minimum Gasteiger partial charge on any atom is -0.476 e. The van der Waals surface area contributed by atoms with Crippen LogP contribution in [0.15, 0.2) is 78.1 Å². The predicted molar refractivity (Wildman–Crippen MR) is 178 cm³/mol. The Morgan fingerprint density at radius 1 is 1.06 bits per heavy atom. The molecule has 0 radical (unpaired) electrons. The molecule has 0 saturated heterocycles. The SMILES string of the molecule is CCOc1cn(-c2ccc(Cl)cc2-c2cc(=O)n([C@H]3CCC[C@@H](C)C(=O)Nc4ccc(F)cc4-c4ccnc3c4)cn2)nn1.O=C(O)C(F)(F)F. The molecule has 0 aliphatic carbocycles. The number of carboxylic acids is 1. The van der Waals surface area contributed by atoms with Crippen LogP contribution in [0.2, 0.25) is 5.02 Å². The number of hydrogen-bond acceptors (Lipinski definition) is 8. The van der Waals surface area contributed by atoms with Gasteiger partial charge in [0.25, 0.3) is 11.4 Å². The van der Waals surface area contributed by atoms with Crippen molar-refractivity contribution in [2.24, 2.45) is 5.92 Å². The monoisotopic (exact) mass is 727 g/mol. The van der Waals surface area contributed by atoms with Gasteiger partial charge in [0.1, 0.15) is 5.82 Å². The Morgan fingerprint density at radius 3 is 2.53 bits per heavy atom. The van der Waals surface area contributed by atoms with Crippen LogP contribution in [0.3, 0.4) is 0 Å². The smallest absolute Gasteiger partial charge is 0.476 e. The third kappa shape index (κ3) is 8.75. The molecule has 0 spiro atoms. The average Bonchev–Trinajstić information content (AvgIpc) is 3.55. The van der Waals surface area contributed by atoms with Crippen molar-refractivity contribution >= 4 is 29.2 Å². The van der Waals surface area contributed by atoms with Gasteiger partial charge in [-0.1, -0.05) is 35.3 Å². The number of rotatable bonds is 5. The van der Waals surface area contributed by atoms with Crippen LogP contribution in [-0.4, -0.2) is 59.3 Å². The van der Waals surface area contributed by atoms with E-state index >= 15 is 0 Å². The molecule has 51 heavy (non-hydrogen) atoms. The first-order chi connectivity index (χ1) is 24.2. The van der Waals surface area contributed by atoms with Gasteiger partial charge in [-0.15, -0.1) is 0 Å². The Balaban J connectivity index is 0.000000654. The Hall–Kier alpha value is -5.64. The van der Waals surface area contributed by atoms with Gasteiger partial charge in [0, 0.05) is 40.0 Å². The van der Waals surface area contributed by atoms with E-state index in [0.717, 1.165) is 0 Å². The number of nitrogens with one attached hydrogen (secondary N) is 1. The van der Waals surface area contributed by atoms with Gasteiger partial charge in [0.15, 0.2) is 0 Å². The molecule has 1 amide bonds. The van der Waals surface area contributed by atoms with E-state index in [1.165, 1.54) is 24.5 Å². The molecule has 5 aromatic rings. The Labute approximate surface area is 292 Å². The standard InChI is InChI=1S/C32H29ClFN7O3.C2HF3O2/c1-3-44-30-17-41(39-38-30)28-10-7-21(33)14-24(28)26-16-31(42)40(18-36-26)29-6-4-5-19(2)32(43)37-25-9-8-22(34)15-23(25)20-11-12-35-27(29)13-20;3-2(4,5)1(6)7/h7-19,29H,3-6H2,1-2H3,(H,37,43);(H,6,7)/t19-,29+;/m1./s1. The van der Waals surface area contributed by atoms with Crippen LogP contribution in [0.1, 0.15) is 44.8 Å². The molecule has 0 saturated carbocycles. The quantitative estimate of drug-likeness (QED) is 0.188. The third-order valence-corrected chi connectivity index (χ3v) is 8.13. The summed E-state index contributed by atoms with van der Waals surface area (Å²) in [6.45, 7) is 4.16. The minimum absolute atomic E-state index is 0.148. The van der Waals surface area contributed by atoms with Gasteiger partial charge in [-0.05, 0) is 73.9 Å². The lowest BCUT2D eigenvalue weighted by atomic mass is 9.95.